The minimum atomic E-state index is -0.758. The summed E-state index contributed by atoms with van der Waals surface area (Å²) in [5, 5.41) is 12.6. The van der Waals surface area contributed by atoms with E-state index in [0.29, 0.717) is 23.7 Å². The van der Waals surface area contributed by atoms with Crippen molar-refractivity contribution in [2.24, 2.45) is 11.8 Å². The van der Waals surface area contributed by atoms with E-state index in [2.05, 4.69) is 5.32 Å². The summed E-state index contributed by atoms with van der Waals surface area (Å²) in [4.78, 5) is 23.1. The number of nitrogens with one attached hydrogen (secondary N) is 1. The number of carbonyl (C=O) groups excluding carboxylic acids is 1. The van der Waals surface area contributed by atoms with Gasteiger partial charge in [-0.15, -0.1) is 0 Å². The molecule has 0 heterocycles. The van der Waals surface area contributed by atoms with Gasteiger partial charge in [0.25, 0.3) is 0 Å². The number of ether oxygens (including phenoxy) is 1. The molecule has 2 N–H and O–H groups in total. The van der Waals surface area contributed by atoms with Crippen molar-refractivity contribution in [3.8, 4) is 5.75 Å². The Hall–Kier alpha value is -1.75. The van der Waals surface area contributed by atoms with Crippen molar-refractivity contribution >= 4 is 23.5 Å². The fourth-order valence-electron chi connectivity index (χ4n) is 2.93. The van der Waals surface area contributed by atoms with Crippen molar-refractivity contribution in [2.75, 3.05) is 13.2 Å². The van der Waals surface area contributed by atoms with Gasteiger partial charge in [0.15, 0.2) is 0 Å². The molecular weight excluding hydrogens is 318 g/mol. The first-order valence-electron chi connectivity index (χ1n) is 7.94. The Morgan fingerprint density at radius 3 is 2.74 bits per heavy atom. The van der Waals surface area contributed by atoms with Crippen molar-refractivity contribution in [2.45, 2.75) is 32.1 Å². The zero-order chi connectivity index (χ0) is 16.7. The molecule has 0 unspecified atom stereocenters. The van der Waals surface area contributed by atoms with Gasteiger partial charge in [0.2, 0.25) is 5.91 Å². The van der Waals surface area contributed by atoms with Crippen LogP contribution in [0.15, 0.2) is 24.3 Å². The van der Waals surface area contributed by atoms with Crippen LogP contribution in [0.3, 0.4) is 0 Å². The number of benzene rings is 1. The third-order valence-electron chi connectivity index (χ3n) is 4.21. The Bertz CT molecular complexity index is 549. The molecule has 0 radical (unpaired) electrons. The van der Waals surface area contributed by atoms with Gasteiger partial charge in [-0.25, -0.2) is 0 Å². The van der Waals surface area contributed by atoms with Crippen LogP contribution in [0, 0.1) is 11.8 Å². The van der Waals surface area contributed by atoms with Gasteiger partial charge in [-0.2, -0.15) is 0 Å². The predicted octanol–water partition coefficient (Wildman–Crippen LogP) is 3.12. The number of para-hydroxylation sites is 1. The molecule has 126 valence electrons. The summed E-state index contributed by atoms with van der Waals surface area (Å²) >= 11 is 5.97. The van der Waals surface area contributed by atoms with Crippen molar-refractivity contribution in [1.29, 1.82) is 0 Å². The SMILES string of the molecule is O=C(CCOc1ccccc1Cl)NC[C@@H]1CCCC[C@@H]1C(=O)O. The lowest BCUT2D eigenvalue weighted by Crippen LogP contribution is -2.37. The molecule has 1 fully saturated rings. The van der Waals surface area contributed by atoms with E-state index in [1.54, 1.807) is 12.1 Å². The minimum absolute atomic E-state index is 0.0229. The number of rotatable bonds is 7. The standard InChI is InChI=1S/C17H22ClNO4/c18-14-7-3-4-8-15(14)23-10-9-16(20)19-11-12-5-1-2-6-13(12)17(21)22/h3-4,7-8,12-13H,1-2,5-6,9-11H2,(H,19,20)(H,21,22)/t12-,13-/m0/s1. The Balaban J connectivity index is 1.70. The highest BCUT2D eigenvalue weighted by molar-refractivity contribution is 6.32. The monoisotopic (exact) mass is 339 g/mol. The molecule has 1 aliphatic carbocycles. The maximum absolute atomic E-state index is 11.9. The van der Waals surface area contributed by atoms with Gasteiger partial charge in [0.1, 0.15) is 5.75 Å². The smallest absolute Gasteiger partial charge is 0.306 e. The first-order valence-corrected chi connectivity index (χ1v) is 8.32. The average molecular weight is 340 g/mol. The summed E-state index contributed by atoms with van der Waals surface area (Å²) in [7, 11) is 0. The Labute approximate surface area is 141 Å². The number of hydrogen-bond acceptors (Lipinski definition) is 3. The van der Waals surface area contributed by atoms with E-state index in [4.69, 9.17) is 16.3 Å². The van der Waals surface area contributed by atoms with E-state index in [0.717, 1.165) is 19.3 Å². The summed E-state index contributed by atoms with van der Waals surface area (Å²) < 4.78 is 5.47. The molecular formula is C17H22ClNO4. The number of hydrogen-bond donors (Lipinski definition) is 2. The molecule has 0 bridgehead atoms. The van der Waals surface area contributed by atoms with Crippen LogP contribution in [0.4, 0.5) is 0 Å². The number of carbonyl (C=O) groups is 2. The molecule has 1 amide bonds. The lowest BCUT2D eigenvalue weighted by Gasteiger charge is -2.28. The number of carboxylic acids is 1. The fraction of sp³-hybridized carbons (Fsp3) is 0.529. The van der Waals surface area contributed by atoms with Crippen LogP contribution >= 0.6 is 11.6 Å². The summed E-state index contributed by atoms with van der Waals surface area (Å²) in [6.45, 7) is 0.657. The van der Waals surface area contributed by atoms with E-state index in [-0.39, 0.29) is 30.8 Å². The van der Waals surface area contributed by atoms with Gasteiger partial charge >= 0.3 is 5.97 Å². The molecule has 0 spiro atoms. The first kappa shape index (κ1) is 17.6. The van der Waals surface area contributed by atoms with Gasteiger partial charge in [-0.3, -0.25) is 9.59 Å². The largest absolute Gasteiger partial charge is 0.491 e. The molecule has 1 aliphatic rings. The Morgan fingerprint density at radius 1 is 1.26 bits per heavy atom. The van der Waals surface area contributed by atoms with Crippen LogP contribution in [0.5, 0.6) is 5.75 Å². The lowest BCUT2D eigenvalue weighted by molar-refractivity contribution is -0.145. The van der Waals surface area contributed by atoms with Crippen LogP contribution < -0.4 is 10.1 Å². The lowest BCUT2D eigenvalue weighted by atomic mass is 9.79. The second-order valence-corrected chi connectivity index (χ2v) is 6.23. The number of halogens is 1. The molecule has 5 nitrogen and oxygen atoms in total. The fourth-order valence-corrected chi connectivity index (χ4v) is 3.12. The average Bonchev–Trinajstić information content (AvgIpc) is 2.55. The third-order valence-corrected chi connectivity index (χ3v) is 4.52. The van der Waals surface area contributed by atoms with Gasteiger partial charge in [-0.05, 0) is 30.9 Å². The predicted molar refractivity (Wildman–Crippen MR) is 87.7 cm³/mol. The van der Waals surface area contributed by atoms with Crippen molar-refractivity contribution in [3.63, 3.8) is 0 Å². The van der Waals surface area contributed by atoms with E-state index >= 15 is 0 Å². The van der Waals surface area contributed by atoms with E-state index in [9.17, 15) is 14.7 Å². The van der Waals surface area contributed by atoms with Crippen LogP contribution in [0.1, 0.15) is 32.1 Å². The van der Waals surface area contributed by atoms with Crippen molar-refractivity contribution < 1.29 is 19.4 Å². The molecule has 23 heavy (non-hydrogen) atoms. The van der Waals surface area contributed by atoms with Gasteiger partial charge in [0, 0.05) is 6.54 Å². The molecule has 2 rings (SSSR count). The summed E-state index contributed by atoms with van der Waals surface area (Å²) in [5.74, 6) is -0.656. The van der Waals surface area contributed by atoms with E-state index in [1.165, 1.54) is 0 Å². The summed E-state index contributed by atoms with van der Waals surface area (Å²) in [6, 6.07) is 7.10. The highest BCUT2D eigenvalue weighted by Crippen LogP contribution is 2.29. The Kier molecular flexibility index (Phi) is 6.71. The summed E-state index contributed by atoms with van der Waals surface area (Å²) in [6.07, 6.45) is 3.75. The van der Waals surface area contributed by atoms with Crippen LogP contribution in [0.2, 0.25) is 5.02 Å². The van der Waals surface area contributed by atoms with Gasteiger partial charge in [0.05, 0.1) is 24.0 Å². The second kappa shape index (κ2) is 8.77. The highest BCUT2D eigenvalue weighted by atomic mass is 35.5. The molecule has 1 aromatic rings. The third kappa shape index (κ3) is 5.43. The molecule has 0 aromatic heterocycles. The zero-order valence-corrected chi connectivity index (χ0v) is 13.7. The molecule has 0 saturated heterocycles. The van der Waals surface area contributed by atoms with E-state index < -0.39 is 5.97 Å². The normalized spacial score (nSPS) is 20.7. The number of carboxylic acid groups (broad SMARTS) is 1. The van der Waals surface area contributed by atoms with Gasteiger partial charge in [-0.1, -0.05) is 36.6 Å². The summed E-state index contributed by atoms with van der Waals surface area (Å²) in [5.41, 5.74) is 0. The molecule has 1 saturated carbocycles. The zero-order valence-electron chi connectivity index (χ0n) is 13.0. The van der Waals surface area contributed by atoms with Crippen LogP contribution in [-0.2, 0) is 9.59 Å². The number of aliphatic carboxylic acids is 1. The Morgan fingerprint density at radius 2 is 2.00 bits per heavy atom. The number of amides is 1. The molecule has 1 aromatic carbocycles. The molecule has 2 atom stereocenters. The second-order valence-electron chi connectivity index (χ2n) is 5.82. The van der Waals surface area contributed by atoms with Gasteiger partial charge < -0.3 is 15.2 Å². The molecule has 6 heteroatoms. The van der Waals surface area contributed by atoms with Crippen LogP contribution in [-0.4, -0.2) is 30.1 Å². The highest BCUT2D eigenvalue weighted by Gasteiger charge is 2.30. The maximum Gasteiger partial charge on any atom is 0.306 e. The molecule has 0 aliphatic heterocycles. The van der Waals surface area contributed by atoms with E-state index in [1.807, 2.05) is 12.1 Å². The topological polar surface area (TPSA) is 75.6 Å². The van der Waals surface area contributed by atoms with Crippen molar-refractivity contribution in [3.05, 3.63) is 29.3 Å². The quantitative estimate of drug-likeness (QED) is 0.800. The maximum atomic E-state index is 11.9. The van der Waals surface area contributed by atoms with Crippen LogP contribution in [0.25, 0.3) is 0 Å². The minimum Gasteiger partial charge on any atom is -0.491 e. The van der Waals surface area contributed by atoms with Crippen molar-refractivity contribution in [1.82, 2.24) is 5.32 Å². The first-order chi connectivity index (χ1) is 11.1.